The highest BCUT2D eigenvalue weighted by Crippen LogP contribution is 2.23. The van der Waals surface area contributed by atoms with Gasteiger partial charge in [-0.05, 0) is 25.2 Å². The van der Waals surface area contributed by atoms with Gasteiger partial charge in [0, 0.05) is 12.1 Å². The Hall–Kier alpha value is -1.88. The standard InChI is InChI=1S/C14H19N3O2/c1-3-17(4-2)9-11-13(15-16-14(11)19)10-7-5-6-8-12(10)18/h5-8,11,18H,3-4,9H2,1-2H3,(H,16,19)/t11-/m1/s1. The van der Waals surface area contributed by atoms with E-state index in [1.54, 1.807) is 18.2 Å². The number of amides is 1. The first-order chi connectivity index (χ1) is 9.17. The maximum absolute atomic E-state index is 11.9. The van der Waals surface area contributed by atoms with Gasteiger partial charge in [-0.3, -0.25) is 4.79 Å². The molecule has 1 aliphatic rings. The van der Waals surface area contributed by atoms with Crippen molar-refractivity contribution in [1.82, 2.24) is 10.3 Å². The predicted octanol–water partition coefficient (Wildman–Crippen LogP) is 1.18. The molecular weight excluding hydrogens is 242 g/mol. The lowest BCUT2D eigenvalue weighted by Gasteiger charge is -2.22. The Morgan fingerprint density at radius 2 is 2.00 bits per heavy atom. The second kappa shape index (κ2) is 5.84. The number of aromatic hydroxyl groups is 1. The van der Waals surface area contributed by atoms with Crippen LogP contribution in [0.5, 0.6) is 5.75 Å². The van der Waals surface area contributed by atoms with Crippen molar-refractivity contribution in [3.05, 3.63) is 29.8 Å². The number of phenolic OH excluding ortho intramolecular Hbond substituents is 1. The summed E-state index contributed by atoms with van der Waals surface area (Å²) in [6.45, 7) is 6.51. The molecule has 0 radical (unpaired) electrons. The molecule has 0 fully saturated rings. The summed E-state index contributed by atoms with van der Waals surface area (Å²) in [5.41, 5.74) is 3.75. The van der Waals surface area contributed by atoms with Gasteiger partial charge in [-0.25, -0.2) is 5.43 Å². The number of hydrazone groups is 1. The van der Waals surface area contributed by atoms with Crippen LogP contribution >= 0.6 is 0 Å². The smallest absolute Gasteiger partial charge is 0.250 e. The van der Waals surface area contributed by atoms with Crippen molar-refractivity contribution in [2.75, 3.05) is 19.6 Å². The molecule has 0 saturated heterocycles. The Balaban J connectivity index is 2.25. The lowest BCUT2D eigenvalue weighted by Crippen LogP contribution is -2.37. The fourth-order valence-corrected chi connectivity index (χ4v) is 2.24. The van der Waals surface area contributed by atoms with Gasteiger partial charge in [0.05, 0.1) is 11.6 Å². The van der Waals surface area contributed by atoms with Gasteiger partial charge in [0.1, 0.15) is 5.75 Å². The van der Waals surface area contributed by atoms with Crippen molar-refractivity contribution >= 4 is 11.6 Å². The quantitative estimate of drug-likeness (QED) is 0.836. The zero-order valence-corrected chi connectivity index (χ0v) is 11.3. The molecule has 0 unspecified atom stereocenters. The minimum Gasteiger partial charge on any atom is -0.507 e. The maximum Gasteiger partial charge on any atom is 0.250 e. The Kier molecular flexibility index (Phi) is 4.16. The normalized spacial score (nSPS) is 18.6. The van der Waals surface area contributed by atoms with E-state index in [4.69, 9.17) is 0 Å². The fourth-order valence-electron chi connectivity index (χ4n) is 2.24. The summed E-state index contributed by atoms with van der Waals surface area (Å²) in [6, 6.07) is 6.97. The highest BCUT2D eigenvalue weighted by molar-refractivity contribution is 6.17. The molecular formula is C14H19N3O2. The summed E-state index contributed by atoms with van der Waals surface area (Å²) in [4.78, 5) is 14.1. The minimum atomic E-state index is -0.326. The summed E-state index contributed by atoms with van der Waals surface area (Å²) >= 11 is 0. The Morgan fingerprint density at radius 1 is 1.32 bits per heavy atom. The van der Waals surface area contributed by atoms with Crippen molar-refractivity contribution < 1.29 is 9.90 Å². The lowest BCUT2D eigenvalue weighted by molar-refractivity contribution is -0.122. The second-order valence-corrected chi connectivity index (χ2v) is 4.53. The van der Waals surface area contributed by atoms with Crippen LogP contribution in [0.4, 0.5) is 0 Å². The molecule has 2 N–H and O–H groups in total. The summed E-state index contributed by atoms with van der Waals surface area (Å²) in [6.07, 6.45) is 0. The van der Waals surface area contributed by atoms with Gasteiger partial charge in [-0.15, -0.1) is 0 Å². The molecule has 0 aromatic heterocycles. The van der Waals surface area contributed by atoms with Crippen molar-refractivity contribution in [3.63, 3.8) is 0 Å². The molecule has 2 rings (SSSR count). The molecule has 1 aromatic carbocycles. The van der Waals surface area contributed by atoms with E-state index in [0.717, 1.165) is 13.1 Å². The third-order valence-corrected chi connectivity index (χ3v) is 3.45. The second-order valence-electron chi connectivity index (χ2n) is 4.53. The maximum atomic E-state index is 11.9. The van der Waals surface area contributed by atoms with E-state index < -0.39 is 0 Å². The Bertz CT molecular complexity index is 495. The van der Waals surface area contributed by atoms with E-state index in [9.17, 15) is 9.90 Å². The number of benzene rings is 1. The molecule has 0 bridgehead atoms. The molecule has 5 heteroatoms. The van der Waals surface area contributed by atoms with Crippen LogP contribution in [0.1, 0.15) is 19.4 Å². The number of nitrogens with zero attached hydrogens (tertiary/aromatic N) is 2. The number of rotatable bonds is 5. The van der Waals surface area contributed by atoms with Crippen LogP contribution in [0, 0.1) is 5.92 Å². The first kappa shape index (κ1) is 13.5. The van der Waals surface area contributed by atoms with Crippen molar-refractivity contribution in [2.24, 2.45) is 11.0 Å². The molecule has 0 aliphatic carbocycles. The molecule has 1 heterocycles. The first-order valence-corrected chi connectivity index (χ1v) is 6.55. The van der Waals surface area contributed by atoms with Crippen LogP contribution < -0.4 is 5.43 Å². The highest BCUT2D eigenvalue weighted by atomic mass is 16.3. The van der Waals surface area contributed by atoms with E-state index >= 15 is 0 Å². The van der Waals surface area contributed by atoms with Crippen molar-refractivity contribution in [3.8, 4) is 5.75 Å². The van der Waals surface area contributed by atoms with Crippen LogP contribution in [0.3, 0.4) is 0 Å². The van der Waals surface area contributed by atoms with E-state index in [1.165, 1.54) is 0 Å². The third kappa shape index (κ3) is 2.76. The summed E-state index contributed by atoms with van der Waals surface area (Å²) in [5, 5.41) is 14.0. The molecule has 0 spiro atoms. The molecule has 1 amide bonds. The average Bonchev–Trinajstić information content (AvgIpc) is 2.78. The molecule has 5 nitrogen and oxygen atoms in total. The fraction of sp³-hybridized carbons (Fsp3) is 0.429. The van der Waals surface area contributed by atoms with E-state index in [1.807, 2.05) is 6.07 Å². The SMILES string of the molecule is CCN(CC)C[C@H]1C(=O)NN=C1c1ccccc1O. The van der Waals surface area contributed by atoms with Gasteiger partial charge in [0.15, 0.2) is 0 Å². The zero-order chi connectivity index (χ0) is 13.8. The zero-order valence-electron chi connectivity index (χ0n) is 11.3. The average molecular weight is 261 g/mol. The van der Waals surface area contributed by atoms with E-state index in [-0.39, 0.29) is 17.6 Å². The van der Waals surface area contributed by atoms with Gasteiger partial charge >= 0.3 is 0 Å². The molecule has 1 aliphatic heterocycles. The summed E-state index contributed by atoms with van der Waals surface area (Å²) in [5.74, 6) is -0.277. The van der Waals surface area contributed by atoms with Crippen LogP contribution in [0.15, 0.2) is 29.4 Å². The largest absolute Gasteiger partial charge is 0.507 e. The number of nitrogens with one attached hydrogen (secondary N) is 1. The molecule has 19 heavy (non-hydrogen) atoms. The van der Waals surface area contributed by atoms with Crippen LogP contribution in [0.25, 0.3) is 0 Å². The van der Waals surface area contributed by atoms with Crippen LogP contribution in [-0.2, 0) is 4.79 Å². The van der Waals surface area contributed by atoms with Gasteiger partial charge in [-0.1, -0.05) is 26.0 Å². The number of carbonyl (C=O) groups is 1. The number of carbonyl (C=O) groups excluding carboxylic acids is 1. The van der Waals surface area contributed by atoms with Gasteiger partial charge in [0.2, 0.25) is 0 Å². The molecule has 1 aromatic rings. The first-order valence-electron chi connectivity index (χ1n) is 6.55. The predicted molar refractivity (Wildman–Crippen MR) is 74.1 cm³/mol. The van der Waals surface area contributed by atoms with Gasteiger partial charge in [-0.2, -0.15) is 5.10 Å². The summed E-state index contributed by atoms with van der Waals surface area (Å²) < 4.78 is 0. The number of hydrogen-bond acceptors (Lipinski definition) is 4. The number of hydrogen-bond donors (Lipinski definition) is 2. The van der Waals surface area contributed by atoms with Crippen molar-refractivity contribution in [1.29, 1.82) is 0 Å². The topological polar surface area (TPSA) is 64.9 Å². The minimum absolute atomic E-state index is 0.106. The van der Waals surface area contributed by atoms with Crippen LogP contribution in [-0.4, -0.2) is 41.3 Å². The van der Waals surface area contributed by atoms with Crippen molar-refractivity contribution in [2.45, 2.75) is 13.8 Å². The van der Waals surface area contributed by atoms with Gasteiger partial charge < -0.3 is 10.0 Å². The Morgan fingerprint density at radius 3 is 2.63 bits per heavy atom. The lowest BCUT2D eigenvalue weighted by atomic mass is 9.95. The monoisotopic (exact) mass is 261 g/mol. The molecule has 0 saturated carbocycles. The number of para-hydroxylation sites is 1. The summed E-state index contributed by atoms with van der Waals surface area (Å²) in [7, 11) is 0. The molecule has 102 valence electrons. The van der Waals surface area contributed by atoms with E-state index in [0.29, 0.717) is 17.8 Å². The Labute approximate surface area is 112 Å². The highest BCUT2D eigenvalue weighted by Gasteiger charge is 2.33. The number of phenols is 1. The van der Waals surface area contributed by atoms with Gasteiger partial charge in [0.25, 0.3) is 5.91 Å². The molecule has 1 atom stereocenters. The third-order valence-electron chi connectivity index (χ3n) is 3.45. The van der Waals surface area contributed by atoms with Crippen LogP contribution in [0.2, 0.25) is 0 Å². The van der Waals surface area contributed by atoms with E-state index in [2.05, 4.69) is 29.3 Å².